The third-order valence-corrected chi connectivity index (χ3v) is 6.80. The Bertz CT molecular complexity index is 825. The summed E-state index contributed by atoms with van der Waals surface area (Å²) in [7, 11) is 0. The molecule has 0 spiro atoms. The van der Waals surface area contributed by atoms with E-state index in [-0.39, 0.29) is 11.7 Å². The van der Waals surface area contributed by atoms with Crippen molar-refractivity contribution in [3.8, 4) is 0 Å². The zero-order valence-corrected chi connectivity index (χ0v) is 17.8. The molecule has 1 heterocycles. The maximum absolute atomic E-state index is 13.2. The third kappa shape index (κ3) is 4.26. The first-order chi connectivity index (χ1) is 12.8. The Morgan fingerprint density at radius 3 is 2.41 bits per heavy atom. The number of hydrogen-bond donors (Lipinski definition) is 0. The van der Waals surface area contributed by atoms with Gasteiger partial charge in [-0.15, -0.1) is 11.3 Å². The van der Waals surface area contributed by atoms with Crippen molar-refractivity contribution in [2.45, 2.75) is 72.3 Å². The number of likely N-dealkylation sites (N-methyl/N-ethyl adjacent to an activating group) is 1. The van der Waals surface area contributed by atoms with Gasteiger partial charge in [-0.05, 0) is 36.8 Å². The molecule has 0 saturated heterocycles. The van der Waals surface area contributed by atoms with E-state index in [9.17, 15) is 9.59 Å². The third-order valence-electron chi connectivity index (χ3n) is 5.59. The second-order valence-corrected chi connectivity index (χ2v) is 9.69. The molecule has 0 bridgehead atoms. The lowest BCUT2D eigenvalue weighted by Crippen LogP contribution is -2.42. The van der Waals surface area contributed by atoms with Gasteiger partial charge in [0.1, 0.15) is 0 Å². The molecule has 4 heteroatoms. The number of hydrogen-bond acceptors (Lipinski definition) is 3. The average molecular weight is 386 g/mol. The zero-order chi connectivity index (χ0) is 19.6. The van der Waals surface area contributed by atoms with Crippen LogP contribution >= 0.6 is 11.3 Å². The van der Waals surface area contributed by atoms with E-state index >= 15 is 0 Å². The maximum atomic E-state index is 13.2. The quantitative estimate of drug-likeness (QED) is 0.605. The van der Waals surface area contributed by atoms with E-state index < -0.39 is 5.41 Å². The van der Waals surface area contributed by atoms with Crippen molar-refractivity contribution < 1.29 is 9.59 Å². The molecular weight excluding hydrogens is 354 g/mol. The first kappa shape index (κ1) is 20.1. The van der Waals surface area contributed by atoms with Crippen LogP contribution in [0, 0.1) is 5.41 Å². The molecule has 1 fully saturated rings. The fraction of sp³-hybridized carbons (Fsp3) is 0.565. The predicted octanol–water partition coefficient (Wildman–Crippen LogP) is 5.85. The Hall–Kier alpha value is -1.68. The normalized spacial score (nSPS) is 15.9. The van der Waals surface area contributed by atoms with Crippen molar-refractivity contribution in [3.63, 3.8) is 0 Å². The van der Waals surface area contributed by atoms with Crippen LogP contribution in [-0.2, 0) is 11.2 Å². The molecule has 0 unspecified atom stereocenters. The van der Waals surface area contributed by atoms with Gasteiger partial charge in [0.05, 0.1) is 11.3 Å². The Labute approximate surface area is 166 Å². The van der Waals surface area contributed by atoms with Gasteiger partial charge in [0, 0.05) is 22.7 Å². The Kier molecular flexibility index (Phi) is 6.05. The number of nitrogens with zero attached hydrogens (tertiary/aromatic N) is 1. The van der Waals surface area contributed by atoms with Gasteiger partial charge in [-0.2, -0.15) is 0 Å². The highest BCUT2D eigenvalue weighted by Crippen LogP contribution is 2.36. The van der Waals surface area contributed by atoms with Gasteiger partial charge in [-0.1, -0.05) is 58.2 Å². The van der Waals surface area contributed by atoms with Crippen molar-refractivity contribution in [2.24, 2.45) is 5.41 Å². The molecule has 1 amide bonds. The number of carbonyl (C=O) groups excluding carboxylic acids is 2. The highest BCUT2D eigenvalue weighted by Gasteiger charge is 2.31. The summed E-state index contributed by atoms with van der Waals surface area (Å²) in [6.45, 7) is 8.66. The van der Waals surface area contributed by atoms with E-state index in [4.69, 9.17) is 0 Å². The monoisotopic (exact) mass is 385 g/mol. The summed E-state index contributed by atoms with van der Waals surface area (Å²) < 4.78 is 1.09. The molecule has 0 aliphatic heterocycles. The number of thiophene rings is 1. The van der Waals surface area contributed by atoms with E-state index in [0.717, 1.165) is 39.9 Å². The van der Waals surface area contributed by atoms with Crippen LogP contribution in [0.15, 0.2) is 24.3 Å². The summed E-state index contributed by atoms with van der Waals surface area (Å²) in [5, 5.41) is 1.06. The van der Waals surface area contributed by atoms with E-state index in [2.05, 4.69) is 11.8 Å². The second kappa shape index (κ2) is 8.14. The summed E-state index contributed by atoms with van der Waals surface area (Å²) in [6.07, 6.45) is 6.25. The van der Waals surface area contributed by atoms with Crippen LogP contribution in [0.4, 0.5) is 0 Å². The lowest BCUT2D eigenvalue weighted by Gasteiger charge is -2.33. The van der Waals surface area contributed by atoms with Crippen LogP contribution in [0.1, 0.15) is 75.0 Å². The topological polar surface area (TPSA) is 37.4 Å². The summed E-state index contributed by atoms with van der Waals surface area (Å²) in [6, 6.07) is 8.45. The molecule has 1 aliphatic carbocycles. The molecule has 1 aromatic carbocycles. The Morgan fingerprint density at radius 1 is 1.11 bits per heavy atom. The number of carbonyl (C=O) groups is 2. The van der Waals surface area contributed by atoms with Crippen LogP contribution in [0.2, 0.25) is 0 Å². The highest BCUT2D eigenvalue weighted by molar-refractivity contribution is 7.21. The summed E-state index contributed by atoms with van der Waals surface area (Å²) in [5.41, 5.74) is 0.474. The van der Waals surface area contributed by atoms with E-state index in [0.29, 0.717) is 12.5 Å². The number of rotatable bonds is 5. The van der Waals surface area contributed by atoms with E-state index in [1.165, 1.54) is 30.6 Å². The molecule has 3 nitrogen and oxygen atoms in total. The van der Waals surface area contributed by atoms with Gasteiger partial charge in [0.25, 0.3) is 0 Å². The van der Waals surface area contributed by atoms with Gasteiger partial charge < -0.3 is 4.90 Å². The molecule has 3 rings (SSSR count). The molecule has 1 aromatic heterocycles. The first-order valence-electron chi connectivity index (χ1n) is 10.2. The van der Waals surface area contributed by atoms with E-state index in [1.807, 2.05) is 45.0 Å². The number of benzene rings is 1. The number of fused-ring (bicyclic) bond motifs is 1. The van der Waals surface area contributed by atoms with Gasteiger partial charge in [0.15, 0.2) is 5.78 Å². The Morgan fingerprint density at radius 2 is 1.78 bits per heavy atom. The molecule has 0 atom stereocenters. The number of Topliss-reactive ketones (excluding diaryl/α,β-unsaturated/α-hetero) is 1. The maximum Gasteiger partial charge on any atom is 0.227 e. The largest absolute Gasteiger partial charge is 0.340 e. The number of amides is 1. The minimum atomic E-state index is -0.452. The summed E-state index contributed by atoms with van der Waals surface area (Å²) in [5.74, 6) is 0.295. The molecule has 0 radical (unpaired) electrons. The molecule has 1 saturated carbocycles. The molecule has 1 aliphatic rings. The highest BCUT2D eigenvalue weighted by atomic mass is 32.1. The Balaban J connectivity index is 1.95. The van der Waals surface area contributed by atoms with Crippen molar-refractivity contribution in [1.29, 1.82) is 0 Å². The first-order valence-corrected chi connectivity index (χ1v) is 11.0. The lowest BCUT2D eigenvalue weighted by molar-refractivity contribution is -0.133. The summed E-state index contributed by atoms with van der Waals surface area (Å²) >= 11 is 1.54. The lowest BCUT2D eigenvalue weighted by atomic mass is 9.87. The summed E-state index contributed by atoms with van der Waals surface area (Å²) in [4.78, 5) is 29.1. The fourth-order valence-electron chi connectivity index (χ4n) is 4.08. The van der Waals surface area contributed by atoms with E-state index in [1.54, 1.807) is 0 Å². The molecule has 2 aromatic rings. The van der Waals surface area contributed by atoms with Crippen LogP contribution in [0.25, 0.3) is 10.1 Å². The van der Waals surface area contributed by atoms with Gasteiger partial charge in [-0.3, -0.25) is 9.59 Å². The molecular formula is C23H31NO2S. The average Bonchev–Trinajstić information content (AvgIpc) is 3.00. The fourth-order valence-corrected chi connectivity index (χ4v) is 5.45. The molecule has 146 valence electrons. The smallest absolute Gasteiger partial charge is 0.227 e. The van der Waals surface area contributed by atoms with Crippen molar-refractivity contribution in [3.05, 3.63) is 34.7 Å². The van der Waals surface area contributed by atoms with Crippen LogP contribution < -0.4 is 0 Å². The zero-order valence-electron chi connectivity index (χ0n) is 17.0. The minimum Gasteiger partial charge on any atom is -0.340 e. The van der Waals surface area contributed by atoms with Crippen LogP contribution in [-0.4, -0.2) is 29.2 Å². The second-order valence-electron chi connectivity index (χ2n) is 8.63. The van der Waals surface area contributed by atoms with Gasteiger partial charge in [0.2, 0.25) is 5.91 Å². The molecule has 0 N–H and O–H groups in total. The predicted molar refractivity (Wildman–Crippen MR) is 114 cm³/mol. The van der Waals surface area contributed by atoms with Crippen molar-refractivity contribution >= 4 is 33.1 Å². The number of ketones is 1. The van der Waals surface area contributed by atoms with Gasteiger partial charge in [-0.25, -0.2) is 0 Å². The molecule has 27 heavy (non-hydrogen) atoms. The van der Waals surface area contributed by atoms with Crippen molar-refractivity contribution in [1.82, 2.24) is 4.90 Å². The van der Waals surface area contributed by atoms with Crippen LogP contribution in [0.5, 0.6) is 0 Å². The van der Waals surface area contributed by atoms with Crippen LogP contribution in [0.3, 0.4) is 0 Å². The standard InChI is InChI=1S/C23H31NO2S/c1-5-24(16-11-7-6-8-12-16)20(25)15-18-17-13-9-10-14-19(17)27-21(18)22(26)23(2,3)4/h9-10,13-14,16H,5-8,11-12,15H2,1-4H3. The SMILES string of the molecule is CCN(C(=O)Cc1c(C(=O)C(C)(C)C)sc2ccccc12)C1CCCCC1. The van der Waals surface area contributed by atoms with Crippen molar-refractivity contribution in [2.75, 3.05) is 6.54 Å². The van der Waals surface area contributed by atoms with Gasteiger partial charge >= 0.3 is 0 Å². The minimum absolute atomic E-state index is 0.132.